The van der Waals surface area contributed by atoms with E-state index in [0.717, 1.165) is 26.9 Å². The van der Waals surface area contributed by atoms with Crippen LogP contribution in [0.3, 0.4) is 0 Å². The number of thioether (sulfide) groups is 1. The average Bonchev–Trinajstić information content (AvgIpc) is 2.40. The van der Waals surface area contributed by atoms with Crippen LogP contribution in [0, 0.1) is 13.8 Å². The maximum atomic E-state index is 12.1. The third-order valence-corrected chi connectivity index (χ3v) is 4.98. The molecule has 0 radical (unpaired) electrons. The summed E-state index contributed by atoms with van der Waals surface area (Å²) in [6.07, 6.45) is 0.750. The van der Waals surface area contributed by atoms with Crippen molar-refractivity contribution in [2.75, 3.05) is 18.8 Å². The Labute approximate surface area is 138 Å². The molecule has 0 fully saturated rings. The van der Waals surface area contributed by atoms with Crippen molar-refractivity contribution in [2.24, 2.45) is 0 Å². The second kappa shape index (κ2) is 8.44. The Balaban J connectivity index is 2.70. The molecule has 4 nitrogen and oxygen atoms in total. The second-order valence-electron chi connectivity index (χ2n) is 4.86. The quantitative estimate of drug-likeness (QED) is 0.743. The van der Waals surface area contributed by atoms with Gasteiger partial charge in [0.2, 0.25) is 5.91 Å². The normalized spacial score (nSPS) is 10.5. The van der Waals surface area contributed by atoms with Crippen molar-refractivity contribution in [2.45, 2.75) is 32.1 Å². The van der Waals surface area contributed by atoms with Crippen LogP contribution in [-0.2, 0) is 9.59 Å². The van der Waals surface area contributed by atoms with Gasteiger partial charge < -0.3 is 10.0 Å². The molecule has 0 unspecified atom stereocenters. The van der Waals surface area contributed by atoms with Crippen molar-refractivity contribution in [1.82, 2.24) is 4.90 Å². The van der Waals surface area contributed by atoms with Gasteiger partial charge in [-0.3, -0.25) is 9.59 Å². The number of nitrogens with zero attached hydrogens (tertiary/aromatic N) is 1. The molecule has 0 atom stereocenters. The molecule has 0 spiro atoms. The van der Waals surface area contributed by atoms with Gasteiger partial charge in [0.05, 0.1) is 5.75 Å². The molecule has 1 amide bonds. The molecule has 116 valence electrons. The fourth-order valence-electron chi connectivity index (χ4n) is 1.87. The van der Waals surface area contributed by atoms with Crippen LogP contribution >= 0.6 is 27.7 Å². The molecule has 0 bridgehead atoms. The van der Waals surface area contributed by atoms with Gasteiger partial charge in [-0.05, 0) is 43.5 Å². The van der Waals surface area contributed by atoms with Gasteiger partial charge in [0.25, 0.3) is 0 Å². The van der Waals surface area contributed by atoms with Crippen LogP contribution in [0.25, 0.3) is 0 Å². The molecule has 0 aliphatic carbocycles. The Hall–Kier alpha value is -1.01. The van der Waals surface area contributed by atoms with Crippen molar-refractivity contribution >= 4 is 39.6 Å². The van der Waals surface area contributed by atoms with Crippen LogP contribution in [0.15, 0.2) is 21.5 Å². The molecule has 1 aromatic rings. The van der Waals surface area contributed by atoms with E-state index >= 15 is 0 Å². The average molecular weight is 374 g/mol. The highest BCUT2D eigenvalue weighted by Gasteiger charge is 2.16. The first-order valence-corrected chi connectivity index (χ1v) is 8.52. The number of benzene rings is 1. The Morgan fingerprint density at radius 3 is 2.52 bits per heavy atom. The van der Waals surface area contributed by atoms with Crippen LogP contribution in [0.1, 0.15) is 24.5 Å². The molecular weight excluding hydrogens is 354 g/mol. The van der Waals surface area contributed by atoms with E-state index in [4.69, 9.17) is 5.11 Å². The number of hydrogen-bond donors (Lipinski definition) is 1. The first-order chi connectivity index (χ1) is 9.85. The summed E-state index contributed by atoms with van der Waals surface area (Å²) in [5.74, 6) is -0.850. The SMILES string of the molecule is CCCN(CC(=O)O)C(=O)CSc1cc(C)c(Br)cc1C. The van der Waals surface area contributed by atoms with E-state index in [1.54, 1.807) is 0 Å². The summed E-state index contributed by atoms with van der Waals surface area (Å²) in [6.45, 7) is 6.18. The summed E-state index contributed by atoms with van der Waals surface area (Å²) in [7, 11) is 0. The number of rotatable bonds is 7. The zero-order valence-corrected chi connectivity index (χ0v) is 14.9. The van der Waals surface area contributed by atoms with E-state index in [1.807, 2.05) is 32.9 Å². The number of aliphatic carboxylic acids is 1. The fraction of sp³-hybridized carbons (Fsp3) is 0.467. The summed E-state index contributed by atoms with van der Waals surface area (Å²) in [5, 5.41) is 8.85. The first-order valence-electron chi connectivity index (χ1n) is 6.74. The van der Waals surface area contributed by atoms with E-state index in [-0.39, 0.29) is 18.2 Å². The summed E-state index contributed by atoms with van der Waals surface area (Å²) in [5.41, 5.74) is 2.22. The highest BCUT2D eigenvalue weighted by atomic mass is 79.9. The molecule has 1 aromatic carbocycles. The Bertz CT molecular complexity index is 534. The molecule has 0 saturated heterocycles. The number of carbonyl (C=O) groups excluding carboxylic acids is 1. The topological polar surface area (TPSA) is 57.6 Å². The van der Waals surface area contributed by atoms with Crippen molar-refractivity contribution in [3.63, 3.8) is 0 Å². The number of carbonyl (C=O) groups is 2. The number of hydrogen-bond acceptors (Lipinski definition) is 3. The lowest BCUT2D eigenvalue weighted by Gasteiger charge is -2.20. The van der Waals surface area contributed by atoms with Gasteiger partial charge in [0, 0.05) is 15.9 Å². The van der Waals surface area contributed by atoms with Crippen molar-refractivity contribution in [1.29, 1.82) is 0 Å². The number of carboxylic acids is 1. The van der Waals surface area contributed by atoms with Gasteiger partial charge in [-0.1, -0.05) is 22.9 Å². The van der Waals surface area contributed by atoms with E-state index in [2.05, 4.69) is 15.9 Å². The van der Waals surface area contributed by atoms with Gasteiger partial charge in [-0.25, -0.2) is 0 Å². The monoisotopic (exact) mass is 373 g/mol. The number of carboxylic acid groups (broad SMARTS) is 1. The molecule has 0 heterocycles. The minimum absolute atomic E-state index is 0.135. The Kier molecular flexibility index (Phi) is 7.25. The fourth-order valence-corrected chi connectivity index (χ4v) is 3.33. The second-order valence-corrected chi connectivity index (χ2v) is 6.74. The molecule has 0 aliphatic rings. The molecule has 0 aliphatic heterocycles. The smallest absolute Gasteiger partial charge is 0.323 e. The summed E-state index contributed by atoms with van der Waals surface area (Å²) >= 11 is 4.94. The maximum Gasteiger partial charge on any atom is 0.323 e. The molecule has 1 rings (SSSR count). The summed E-state index contributed by atoms with van der Waals surface area (Å²) in [4.78, 5) is 25.4. The van der Waals surface area contributed by atoms with Crippen LogP contribution in [-0.4, -0.2) is 40.7 Å². The third-order valence-electron chi connectivity index (χ3n) is 2.98. The zero-order chi connectivity index (χ0) is 16.0. The molecule has 0 saturated carbocycles. The molecular formula is C15H20BrNO3S. The van der Waals surface area contributed by atoms with Gasteiger partial charge in [-0.15, -0.1) is 11.8 Å². The van der Waals surface area contributed by atoms with Gasteiger partial charge >= 0.3 is 5.97 Å². The largest absolute Gasteiger partial charge is 0.480 e. The predicted molar refractivity (Wildman–Crippen MR) is 88.8 cm³/mol. The Morgan fingerprint density at radius 1 is 1.29 bits per heavy atom. The van der Waals surface area contributed by atoms with Crippen molar-refractivity contribution in [3.8, 4) is 0 Å². The van der Waals surface area contributed by atoms with Crippen molar-refractivity contribution in [3.05, 3.63) is 27.7 Å². The van der Waals surface area contributed by atoms with Gasteiger partial charge in [0.15, 0.2) is 0 Å². The highest BCUT2D eigenvalue weighted by Crippen LogP contribution is 2.28. The number of amides is 1. The molecule has 0 aromatic heterocycles. The van der Waals surface area contributed by atoms with Crippen LogP contribution < -0.4 is 0 Å². The van der Waals surface area contributed by atoms with Crippen LogP contribution in [0.4, 0.5) is 0 Å². The minimum atomic E-state index is -0.975. The minimum Gasteiger partial charge on any atom is -0.480 e. The predicted octanol–water partition coefficient (Wildman–Crippen LogP) is 3.48. The van der Waals surface area contributed by atoms with Crippen LogP contribution in [0.5, 0.6) is 0 Å². The third kappa shape index (κ3) is 5.71. The lowest BCUT2D eigenvalue weighted by Crippen LogP contribution is -2.37. The zero-order valence-electron chi connectivity index (χ0n) is 12.5. The maximum absolute atomic E-state index is 12.1. The molecule has 1 N–H and O–H groups in total. The molecule has 6 heteroatoms. The summed E-state index contributed by atoms with van der Waals surface area (Å²) < 4.78 is 1.05. The van der Waals surface area contributed by atoms with E-state index in [1.165, 1.54) is 16.7 Å². The van der Waals surface area contributed by atoms with E-state index in [9.17, 15) is 9.59 Å². The van der Waals surface area contributed by atoms with E-state index in [0.29, 0.717) is 6.54 Å². The lowest BCUT2D eigenvalue weighted by molar-refractivity contribution is -0.143. The van der Waals surface area contributed by atoms with Gasteiger partial charge in [-0.2, -0.15) is 0 Å². The van der Waals surface area contributed by atoms with Crippen molar-refractivity contribution < 1.29 is 14.7 Å². The molecule has 21 heavy (non-hydrogen) atoms. The van der Waals surface area contributed by atoms with Gasteiger partial charge in [0.1, 0.15) is 6.54 Å². The van der Waals surface area contributed by atoms with Crippen LogP contribution in [0.2, 0.25) is 0 Å². The first kappa shape index (κ1) is 18.0. The highest BCUT2D eigenvalue weighted by molar-refractivity contribution is 9.10. The lowest BCUT2D eigenvalue weighted by atomic mass is 10.2. The Morgan fingerprint density at radius 2 is 1.95 bits per heavy atom. The number of aryl methyl sites for hydroxylation is 2. The van der Waals surface area contributed by atoms with E-state index < -0.39 is 5.97 Å². The standard InChI is InChI=1S/C15H20BrNO3S/c1-4-5-17(8-15(19)20)14(18)9-21-13-7-10(2)12(16)6-11(13)3/h6-7H,4-5,8-9H2,1-3H3,(H,19,20). The number of halogens is 1. The summed E-state index contributed by atoms with van der Waals surface area (Å²) in [6, 6.07) is 4.07.